The fraction of sp³-hybridized carbons (Fsp3) is 0.789. The van der Waals surface area contributed by atoms with E-state index in [1.54, 1.807) is 6.92 Å². The molecule has 5 nitrogen and oxygen atoms in total. The van der Waals surface area contributed by atoms with Crippen LogP contribution in [0.15, 0.2) is 24.0 Å². The maximum Gasteiger partial charge on any atom is 0.449 e. The Morgan fingerprint density at radius 2 is 2.04 bits per heavy atom. The molecule has 5 aliphatic rings. The Labute approximate surface area is 156 Å². The molecular weight excluding hydrogens is 365 g/mol. The number of hydrogen-bond acceptors (Lipinski definition) is 5. The Balaban J connectivity index is 1.82. The number of fused-ring (bicyclic) bond motifs is 2. The molecule has 1 spiro atoms. The lowest BCUT2D eigenvalue weighted by Gasteiger charge is -2.57. The highest BCUT2D eigenvalue weighted by atomic mass is 19.4. The summed E-state index contributed by atoms with van der Waals surface area (Å²) < 4.78 is 58.2. The Bertz CT molecular complexity index is 648. The second-order valence-electron chi connectivity index (χ2n) is 8.13. The second kappa shape index (κ2) is 6.47. The Hall–Kier alpha value is -1.09. The van der Waals surface area contributed by atoms with Crippen molar-refractivity contribution in [2.24, 2.45) is 17.8 Å². The van der Waals surface area contributed by atoms with Gasteiger partial charge in [0.05, 0.1) is 13.2 Å². The van der Waals surface area contributed by atoms with Gasteiger partial charge >= 0.3 is 6.18 Å². The van der Waals surface area contributed by atoms with E-state index in [1.807, 2.05) is 0 Å². The first-order valence-corrected chi connectivity index (χ1v) is 9.41. The zero-order valence-electron chi connectivity index (χ0n) is 15.5. The van der Waals surface area contributed by atoms with Crippen LogP contribution in [0.25, 0.3) is 0 Å². The predicted octanol–water partition coefficient (Wildman–Crippen LogP) is 4.25. The van der Waals surface area contributed by atoms with Crippen molar-refractivity contribution in [2.45, 2.75) is 63.4 Å². The van der Waals surface area contributed by atoms with Gasteiger partial charge in [-0.3, -0.25) is 0 Å². The number of alkyl halides is 3. The number of halogens is 3. The topological polar surface area (TPSA) is 46.2 Å². The number of hydrogen-bond donors (Lipinski definition) is 0. The average molecular weight is 390 g/mol. The molecule has 27 heavy (non-hydrogen) atoms. The summed E-state index contributed by atoms with van der Waals surface area (Å²) in [5.74, 6) is -2.41. The molecule has 1 aliphatic carbocycles. The predicted molar refractivity (Wildman–Crippen MR) is 88.0 cm³/mol. The van der Waals surface area contributed by atoms with Crippen LogP contribution >= 0.6 is 0 Å². The summed E-state index contributed by atoms with van der Waals surface area (Å²) in [6.07, 6.45) is -1.66. The van der Waals surface area contributed by atoms with Gasteiger partial charge < -0.3 is 14.2 Å². The van der Waals surface area contributed by atoms with E-state index in [0.717, 1.165) is 12.8 Å². The van der Waals surface area contributed by atoms with Crippen molar-refractivity contribution in [3.63, 3.8) is 0 Å². The molecule has 0 unspecified atom stereocenters. The zero-order chi connectivity index (χ0) is 19.4. The molecule has 4 aliphatic heterocycles. The van der Waals surface area contributed by atoms with Crippen molar-refractivity contribution >= 4 is 0 Å². The van der Waals surface area contributed by atoms with E-state index in [-0.39, 0.29) is 30.6 Å². The first-order valence-electron chi connectivity index (χ1n) is 9.41. The van der Waals surface area contributed by atoms with E-state index in [1.165, 1.54) is 6.08 Å². The largest absolute Gasteiger partial charge is 0.456 e. The summed E-state index contributed by atoms with van der Waals surface area (Å²) in [7, 11) is 0. The lowest BCUT2D eigenvalue weighted by Crippen LogP contribution is -2.67. The summed E-state index contributed by atoms with van der Waals surface area (Å²) >= 11 is 0. The van der Waals surface area contributed by atoms with E-state index in [4.69, 9.17) is 24.0 Å². The van der Waals surface area contributed by atoms with Crippen LogP contribution in [0.3, 0.4) is 0 Å². The van der Waals surface area contributed by atoms with Gasteiger partial charge in [-0.05, 0) is 32.1 Å². The van der Waals surface area contributed by atoms with E-state index < -0.39 is 35.5 Å². The SMILES string of the molecule is C=CCOCC1=C(C(F)(F)F)O[C@@H]2O[C@]3(C)CC[C@H]4[C@H](C)CC[C@@H]1[C@@]24OO3. The van der Waals surface area contributed by atoms with Crippen molar-refractivity contribution in [3.8, 4) is 0 Å². The number of allylic oxidation sites excluding steroid dienone is 1. The van der Waals surface area contributed by atoms with Gasteiger partial charge in [0, 0.05) is 23.8 Å². The van der Waals surface area contributed by atoms with Crippen molar-refractivity contribution in [1.82, 2.24) is 0 Å². The van der Waals surface area contributed by atoms with Gasteiger partial charge in [0.2, 0.25) is 17.8 Å². The van der Waals surface area contributed by atoms with E-state index in [9.17, 15) is 13.2 Å². The van der Waals surface area contributed by atoms with Gasteiger partial charge in [0.1, 0.15) is 0 Å². The first kappa shape index (κ1) is 19.2. The van der Waals surface area contributed by atoms with Crippen LogP contribution in [0.2, 0.25) is 0 Å². The molecule has 0 aromatic heterocycles. The van der Waals surface area contributed by atoms with Crippen LogP contribution in [0, 0.1) is 17.8 Å². The third kappa shape index (κ3) is 2.92. The fourth-order valence-electron chi connectivity index (χ4n) is 5.16. The van der Waals surface area contributed by atoms with Crippen molar-refractivity contribution in [1.29, 1.82) is 0 Å². The smallest absolute Gasteiger partial charge is 0.449 e. The third-order valence-corrected chi connectivity index (χ3v) is 6.41. The minimum absolute atomic E-state index is 0.0187. The van der Waals surface area contributed by atoms with Crippen molar-refractivity contribution < 1.29 is 37.2 Å². The van der Waals surface area contributed by atoms with Crippen molar-refractivity contribution in [3.05, 3.63) is 24.0 Å². The summed E-state index contributed by atoms with van der Waals surface area (Å²) in [5, 5.41) is 0. The van der Waals surface area contributed by atoms with Gasteiger partial charge in [-0.1, -0.05) is 13.0 Å². The molecule has 3 saturated heterocycles. The Morgan fingerprint density at radius 1 is 1.26 bits per heavy atom. The molecule has 0 aromatic carbocycles. The molecular formula is C19H25F3O5. The normalized spacial score (nSPS) is 43.7. The maximum absolute atomic E-state index is 13.8. The molecule has 152 valence electrons. The van der Waals surface area contributed by atoms with Crippen LogP contribution in [0.4, 0.5) is 13.2 Å². The average Bonchev–Trinajstić information content (AvgIpc) is 2.83. The maximum atomic E-state index is 13.8. The summed E-state index contributed by atoms with van der Waals surface area (Å²) in [6.45, 7) is 7.30. The molecule has 0 amide bonds. The molecule has 0 N–H and O–H groups in total. The quantitative estimate of drug-likeness (QED) is 0.408. The molecule has 4 heterocycles. The number of ether oxygens (including phenoxy) is 3. The highest BCUT2D eigenvalue weighted by Crippen LogP contribution is 2.61. The van der Waals surface area contributed by atoms with Crippen LogP contribution in [0.5, 0.6) is 0 Å². The second-order valence-corrected chi connectivity index (χ2v) is 8.13. The molecule has 0 radical (unpaired) electrons. The Morgan fingerprint density at radius 3 is 2.74 bits per heavy atom. The minimum atomic E-state index is -4.64. The lowest BCUT2D eigenvalue weighted by atomic mass is 9.59. The highest BCUT2D eigenvalue weighted by molar-refractivity contribution is 5.28. The van der Waals surface area contributed by atoms with E-state index in [0.29, 0.717) is 12.8 Å². The van der Waals surface area contributed by atoms with E-state index >= 15 is 0 Å². The van der Waals surface area contributed by atoms with Crippen LogP contribution in [-0.4, -0.2) is 37.1 Å². The molecule has 2 bridgehead atoms. The zero-order valence-corrected chi connectivity index (χ0v) is 15.5. The summed E-state index contributed by atoms with van der Waals surface area (Å²) in [5.41, 5.74) is -1.01. The third-order valence-electron chi connectivity index (χ3n) is 6.41. The van der Waals surface area contributed by atoms with E-state index in [2.05, 4.69) is 13.5 Å². The van der Waals surface area contributed by atoms with Crippen LogP contribution < -0.4 is 0 Å². The molecule has 6 atom stereocenters. The van der Waals surface area contributed by atoms with Gasteiger partial charge in [0.15, 0.2) is 5.60 Å². The first-order chi connectivity index (χ1) is 12.7. The minimum Gasteiger partial charge on any atom is -0.456 e. The lowest BCUT2D eigenvalue weighted by molar-refractivity contribution is -0.557. The van der Waals surface area contributed by atoms with Crippen molar-refractivity contribution in [2.75, 3.05) is 13.2 Å². The van der Waals surface area contributed by atoms with Gasteiger partial charge in [-0.2, -0.15) is 13.2 Å². The Kier molecular flexibility index (Phi) is 4.61. The molecule has 8 heteroatoms. The standard InChI is InChI=1S/C19H25F3O5/c1-4-9-23-10-12-14-6-5-11(2)13-7-8-17(3)25-16(18(13,14)27-26-17)24-15(12)19(20,21)22/h4,11,13-14,16H,1,5-10H2,2-3H3/t11-,13+,14+,16-,17+,18-/m1/s1. The van der Waals surface area contributed by atoms with Gasteiger partial charge in [-0.25, -0.2) is 9.78 Å². The van der Waals surface area contributed by atoms with Crippen LogP contribution in [0.1, 0.15) is 39.5 Å². The number of rotatable bonds is 4. The molecule has 4 fully saturated rings. The molecule has 5 rings (SSSR count). The molecule has 1 saturated carbocycles. The monoisotopic (exact) mass is 390 g/mol. The van der Waals surface area contributed by atoms with Crippen LogP contribution in [-0.2, 0) is 24.0 Å². The van der Waals surface area contributed by atoms with Gasteiger partial charge in [0.25, 0.3) is 0 Å². The fourth-order valence-corrected chi connectivity index (χ4v) is 5.16. The summed E-state index contributed by atoms with van der Waals surface area (Å²) in [4.78, 5) is 11.5. The highest BCUT2D eigenvalue weighted by Gasteiger charge is 2.70. The molecule has 0 aromatic rings. The van der Waals surface area contributed by atoms with Gasteiger partial charge in [-0.15, -0.1) is 6.58 Å². The summed E-state index contributed by atoms with van der Waals surface area (Å²) in [6, 6.07) is 0.